The molecular formula is C14H14ClNOS. The van der Waals surface area contributed by atoms with E-state index in [4.69, 9.17) is 11.6 Å². The Kier molecular flexibility index (Phi) is 3.39. The summed E-state index contributed by atoms with van der Waals surface area (Å²) in [6.07, 6.45) is -0.365. The number of hydrogen-bond donors (Lipinski definition) is 1. The van der Waals surface area contributed by atoms with Crippen molar-refractivity contribution in [3.8, 4) is 0 Å². The van der Waals surface area contributed by atoms with E-state index in [1.54, 1.807) is 11.3 Å². The highest BCUT2D eigenvalue weighted by Crippen LogP contribution is 2.32. The van der Waals surface area contributed by atoms with E-state index in [0.717, 1.165) is 28.6 Å². The molecule has 0 spiro atoms. The Bertz CT molecular complexity index is 554. The minimum Gasteiger partial charge on any atom is -0.386 e. The van der Waals surface area contributed by atoms with Crippen LogP contribution in [0.1, 0.15) is 22.1 Å². The standard InChI is InChI=1S/C14H14ClNOS/c15-12-4-2-1-3-10(12)7-16-8-11-5-6-18-14(11)13(17)9-16/h1-6,13,17H,7-9H2. The number of hydrogen-bond acceptors (Lipinski definition) is 3. The van der Waals surface area contributed by atoms with Gasteiger partial charge in [0, 0.05) is 29.5 Å². The highest BCUT2D eigenvalue weighted by molar-refractivity contribution is 7.10. The van der Waals surface area contributed by atoms with Crippen molar-refractivity contribution in [1.29, 1.82) is 0 Å². The second-order valence-corrected chi connectivity index (χ2v) is 5.94. The Balaban J connectivity index is 1.78. The lowest BCUT2D eigenvalue weighted by Gasteiger charge is -2.30. The Labute approximate surface area is 115 Å². The summed E-state index contributed by atoms with van der Waals surface area (Å²) < 4.78 is 0. The average Bonchev–Trinajstić information content (AvgIpc) is 2.81. The minimum absolute atomic E-state index is 0.365. The zero-order chi connectivity index (χ0) is 12.5. The topological polar surface area (TPSA) is 23.5 Å². The molecule has 1 N–H and O–H groups in total. The average molecular weight is 280 g/mol. The van der Waals surface area contributed by atoms with Crippen LogP contribution in [0.3, 0.4) is 0 Å². The summed E-state index contributed by atoms with van der Waals surface area (Å²) in [5.74, 6) is 0. The van der Waals surface area contributed by atoms with Gasteiger partial charge in [0.1, 0.15) is 6.10 Å². The van der Waals surface area contributed by atoms with Gasteiger partial charge in [-0.05, 0) is 28.6 Å². The van der Waals surface area contributed by atoms with E-state index in [1.807, 2.05) is 29.6 Å². The van der Waals surface area contributed by atoms with Crippen LogP contribution in [0.15, 0.2) is 35.7 Å². The summed E-state index contributed by atoms with van der Waals surface area (Å²) in [5.41, 5.74) is 2.36. The van der Waals surface area contributed by atoms with Crippen molar-refractivity contribution in [2.45, 2.75) is 19.2 Å². The van der Waals surface area contributed by atoms with Crippen molar-refractivity contribution < 1.29 is 5.11 Å². The molecule has 18 heavy (non-hydrogen) atoms. The Morgan fingerprint density at radius 3 is 3.00 bits per heavy atom. The summed E-state index contributed by atoms with van der Waals surface area (Å²) >= 11 is 7.81. The van der Waals surface area contributed by atoms with Gasteiger partial charge < -0.3 is 5.11 Å². The molecule has 1 unspecified atom stereocenters. The molecule has 1 aliphatic rings. The van der Waals surface area contributed by atoms with Crippen LogP contribution in [0.5, 0.6) is 0 Å². The second kappa shape index (κ2) is 5.02. The first kappa shape index (κ1) is 12.2. The molecule has 2 aromatic rings. The van der Waals surface area contributed by atoms with Crippen molar-refractivity contribution in [3.63, 3.8) is 0 Å². The van der Waals surface area contributed by atoms with Gasteiger partial charge in [-0.25, -0.2) is 0 Å². The molecule has 3 rings (SSSR count). The smallest absolute Gasteiger partial charge is 0.101 e. The van der Waals surface area contributed by atoms with E-state index in [2.05, 4.69) is 11.0 Å². The Hall–Kier alpha value is -0.870. The second-order valence-electron chi connectivity index (χ2n) is 4.59. The zero-order valence-corrected chi connectivity index (χ0v) is 11.4. The summed E-state index contributed by atoms with van der Waals surface area (Å²) in [7, 11) is 0. The molecule has 0 saturated carbocycles. The maximum absolute atomic E-state index is 10.1. The van der Waals surface area contributed by atoms with E-state index in [1.165, 1.54) is 5.56 Å². The number of β-amino-alcohol motifs (C(OH)–C–C–N with tert-alkyl or cyclic N) is 1. The number of rotatable bonds is 2. The van der Waals surface area contributed by atoms with Gasteiger partial charge in [0.05, 0.1) is 0 Å². The first-order valence-electron chi connectivity index (χ1n) is 5.94. The van der Waals surface area contributed by atoms with Crippen LogP contribution in [0.25, 0.3) is 0 Å². The van der Waals surface area contributed by atoms with Crippen molar-refractivity contribution in [1.82, 2.24) is 4.90 Å². The zero-order valence-electron chi connectivity index (χ0n) is 9.84. The molecule has 94 valence electrons. The van der Waals surface area contributed by atoms with Crippen molar-refractivity contribution in [3.05, 3.63) is 56.7 Å². The lowest BCUT2D eigenvalue weighted by Crippen LogP contribution is -2.32. The van der Waals surface area contributed by atoms with Crippen molar-refractivity contribution in [2.24, 2.45) is 0 Å². The van der Waals surface area contributed by atoms with Gasteiger partial charge in [-0.15, -0.1) is 11.3 Å². The Morgan fingerprint density at radius 1 is 1.33 bits per heavy atom. The summed E-state index contributed by atoms with van der Waals surface area (Å²) in [6.45, 7) is 2.35. The lowest BCUT2D eigenvalue weighted by molar-refractivity contribution is 0.0917. The Morgan fingerprint density at radius 2 is 2.17 bits per heavy atom. The van der Waals surface area contributed by atoms with Crippen LogP contribution in [0, 0.1) is 0 Å². The molecule has 1 aromatic heterocycles. The van der Waals surface area contributed by atoms with Crippen LogP contribution < -0.4 is 0 Å². The van der Waals surface area contributed by atoms with Crippen molar-refractivity contribution >= 4 is 22.9 Å². The molecule has 0 aliphatic carbocycles. The lowest BCUT2D eigenvalue weighted by atomic mass is 10.1. The van der Waals surface area contributed by atoms with E-state index < -0.39 is 0 Å². The molecular weight excluding hydrogens is 266 g/mol. The van der Waals surface area contributed by atoms with Gasteiger partial charge in [-0.1, -0.05) is 29.8 Å². The third-order valence-electron chi connectivity index (χ3n) is 3.26. The van der Waals surface area contributed by atoms with E-state index in [9.17, 15) is 5.11 Å². The van der Waals surface area contributed by atoms with Gasteiger partial charge in [0.2, 0.25) is 0 Å². The molecule has 0 bridgehead atoms. The number of thiophene rings is 1. The molecule has 1 aromatic carbocycles. The van der Waals surface area contributed by atoms with Crippen LogP contribution >= 0.6 is 22.9 Å². The monoisotopic (exact) mass is 279 g/mol. The number of aliphatic hydroxyl groups is 1. The summed E-state index contributed by atoms with van der Waals surface area (Å²) in [5, 5.41) is 12.9. The number of aliphatic hydroxyl groups excluding tert-OH is 1. The molecule has 0 saturated heterocycles. The van der Waals surface area contributed by atoms with Crippen LogP contribution in [-0.2, 0) is 13.1 Å². The fourth-order valence-electron chi connectivity index (χ4n) is 2.39. The molecule has 0 fully saturated rings. The van der Waals surface area contributed by atoms with Gasteiger partial charge in [0.25, 0.3) is 0 Å². The van der Waals surface area contributed by atoms with Gasteiger partial charge >= 0.3 is 0 Å². The predicted molar refractivity (Wildman–Crippen MR) is 74.8 cm³/mol. The molecule has 4 heteroatoms. The van der Waals surface area contributed by atoms with Gasteiger partial charge in [0.15, 0.2) is 0 Å². The fraction of sp³-hybridized carbons (Fsp3) is 0.286. The summed E-state index contributed by atoms with van der Waals surface area (Å²) in [6, 6.07) is 9.98. The SMILES string of the molecule is OC1CN(Cc2ccccc2Cl)Cc2ccsc21. The maximum atomic E-state index is 10.1. The number of benzene rings is 1. The third-order valence-corrected chi connectivity index (χ3v) is 4.69. The molecule has 2 nitrogen and oxygen atoms in total. The molecule has 0 radical (unpaired) electrons. The highest BCUT2D eigenvalue weighted by Gasteiger charge is 2.24. The van der Waals surface area contributed by atoms with Gasteiger partial charge in [-0.3, -0.25) is 4.90 Å². The van der Waals surface area contributed by atoms with E-state index in [0.29, 0.717) is 6.54 Å². The van der Waals surface area contributed by atoms with Crippen LogP contribution in [-0.4, -0.2) is 16.6 Å². The predicted octanol–water partition coefficient (Wildman–Crippen LogP) is 3.45. The van der Waals surface area contributed by atoms with Crippen molar-refractivity contribution in [2.75, 3.05) is 6.54 Å². The third kappa shape index (κ3) is 2.31. The van der Waals surface area contributed by atoms with Crippen LogP contribution in [0.2, 0.25) is 5.02 Å². The van der Waals surface area contributed by atoms with E-state index >= 15 is 0 Å². The fourth-order valence-corrected chi connectivity index (χ4v) is 3.48. The molecule has 1 atom stereocenters. The normalized spacial score (nSPS) is 19.8. The first-order valence-corrected chi connectivity index (χ1v) is 7.20. The molecule has 2 heterocycles. The number of fused-ring (bicyclic) bond motifs is 1. The quantitative estimate of drug-likeness (QED) is 0.910. The number of nitrogens with zero attached hydrogens (tertiary/aromatic N) is 1. The molecule has 1 aliphatic heterocycles. The molecule has 0 amide bonds. The van der Waals surface area contributed by atoms with Gasteiger partial charge in [-0.2, -0.15) is 0 Å². The highest BCUT2D eigenvalue weighted by atomic mass is 35.5. The van der Waals surface area contributed by atoms with Crippen LogP contribution in [0.4, 0.5) is 0 Å². The largest absolute Gasteiger partial charge is 0.386 e. The van der Waals surface area contributed by atoms with E-state index in [-0.39, 0.29) is 6.10 Å². The minimum atomic E-state index is -0.365. The first-order chi connectivity index (χ1) is 8.74. The summed E-state index contributed by atoms with van der Waals surface area (Å²) in [4.78, 5) is 3.35. The maximum Gasteiger partial charge on any atom is 0.101 e. The number of halogens is 1.